The minimum atomic E-state index is -0.426. The summed E-state index contributed by atoms with van der Waals surface area (Å²) in [5.74, 6) is 0.125. The van der Waals surface area contributed by atoms with Crippen molar-refractivity contribution in [2.24, 2.45) is 5.92 Å². The van der Waals surface area contributed by atoms with Crippen LogP contribution in [0.4, 0.5) is 0 Å². The molecule has 0 aliphatic rings. The van der Waals surface area contributed by atoms with Crippen LogP contribution in [0.3, 0.4) is 0 Å². The molecule has 2 heteroatoms. The van der Waals surface area contributed by atoms with Crippen molar-refractivity contribution in [3.05, 3.63) is 11.4 Å². The van der Waals surface area contributed by atoms with Crippen LogP contribution >= 0.6 is 0 Å². The van der Waals surface area contributed by atoms with Gasteiger partial charge in [0.2, 0.25) is 5.78 Å². The Hall–Kier alpha value is -0.840. The Labute approximate surface area is 55.7 Å². The number of carbonyl (C=O) groups is 1. The van der Waals surface area contributed by atoms with Crippen LogP contribution in [0.15, 0.2) is 0 Å². The Morgan fingerprint density at radius 3 is 2.00 bits per heavy atom. The van der Waals surface area contributed by atoms with Gasteiger partial charge in [0.15, 0.2) is 0 Å². The van der Waals surface area contributed by atoms with Crippen molar-refractivity contribution in [2.75, 3.05) is 0 Å². The molecule has 0 aromatic heterocycles. The van der Waals surface area contributed by atoms with Crippen LogP contribution < -0.4 is 0 Å². The van der Waals surface area contributed by atoms with Gasteiger partial charge in [0, 0.05) is 12.8 Å². The monoisotopic (exact) mass is 125 g/mol. The highest BCUT2D eigenvalue weighted by Gasteiger charge is 2.22. The van der Waals surface area contributed by atoms with Crippen molar-refractivity contribution in [1.29, 1.82) is 0 Å². The highest BCUT2D eigenvalue weighted by atomic mass is 16.1. The van der Waals surface area contributed by atoms with E-state index in [4.69, 9.17) is 6.57 Å². The molecule has 0 spiro atoms. The normalized spacial score (nSPS) is 12.8. The minimum Gasteiger partial charge on any atom is -0.305 e. The number of carbonyl (C=O) groups excluding carboxylic acids is 1. The van der Waals surface area contributed by atoms with E-state index in [-0.39, 0.29) is 11.7 Å². The maximum Gasteiger partial charge on any atom is 0.282 e. The summed E-state index contributed by atoms with van der Waals surface area (Å²) in [4.78, 5) is 13.8. The Morgan fingerprint density at radius 2 is 2.00 bits per heavy atom. The molecular formula is C7H11NO. The first-order valence-electron chi connectivity index (χ1n) is 2.96. The molecule has 2 nitrogen and oxygen atoms in total. The van der Waals surface area contributed by atoms with E-state index in [1.54, 1.807) is 0 Å². The topological polar surface area (TPSA) is 21.4 Å². The second-order valence-electron chi connectivity index (χ2n) is 2.43. The van der Waals surface area contributed by atoms with Gasteiger partial charge in [0.05, 0.1) is 0 Å². The van der Waals surface area contributed by atoms with Crippen LogP contribution in [0.25, 0.3) is 4.85 Å². The molecule has 0 aromatic rings. The molecule has 1 atom stereocenters. The van der Waals surface area contributed by atoms with Crippen molar-refractivity contribution >= 4 is 5.78 Å². The summed E-state index contributed by atoms with van der Waals surface area (Å²) in [5, 5.41) is 0. The molecule has 0 aliphatic heterocycles. The van der Waals surface area contributed by atoms with Gasteiger partial charge in [-0.3, -0.25) is 4.79 Å². The van der Waals surface area contributed by atoms with Crippen LogP contribution in [-0.2, 0) is 4.79 Å². The summed E-state index contributed by atoms with van der Waals surface area (Å²) in [6.07, 6.45) is 0. The standard InChI is InChI=1S/C7H11NO/c1-5(2)7(8-4)6(3)9/h5,7H,1-3H3. The quantitative estimate of drug-likeness (QED) is 0.513. The van der Waals surface area contributed by atoms with E-state index in [0.29, 0.717) is 0 Å². The van der Waals surface area contributed by atoms with Crippen LogP contribution in [0, 0.1) is 12.5 Å². The number of Topliss-reactive ketones (excluding diaryl/α,β-unsaturated/α-hetero) is 1. The number of ketones is 1. The minimum absolute atomic E-state index is 0.0278. The Bertz CT molecular complexity index is 143. The van der Waals surface area contributed by atoms with Gasteiger partial charge in [-0.2, -0.15) is 0 Å². The number of rotatable bonds is 2. The highest BCUT2D eigenvalue weighted by molar-refractivity contribution is 5.83. The SMILES string of the molecule is [C-]#[N+]C(C(C)=O)C(C)C. The van der Waals surface area contributed by atoms with Crippen molar-refractivity contribution in [3.63, 3.8) is 0 Å². The van der Waals surface area contributed by atoms with Gasteiger partial charge in [0.25, 0.3) is 6.04 Å². The molecule has 0 bridgehead atoms. The van der Waals surface area contributed by atoms with E-state index in [2.05, 4.69) is 4.85 Å². The molecular weight excluding hydrogens is 114 g/mol. The summed E-state index contributed by atoms with van der Waals surface area (Å²) in [7, 11) is 0. The van der Waals surface area contributed by atoms with E-state index >= 15 is 0 Å². The fourth-order valence-electron chi connectivity index (χ4n) is 0.709. The van der Waals surface area contributed by atoms with Crippen LogP contribution in [0.1, 0.15) is 20.8 Å². The summed E-state index contributed by atoms with van der Waals surface area (Å²) in [6.45, 7) is 11.8. The van der Waals surface area contributed by atoms with Crippen molar-refractivity contribution in [1.82, 2.24) is 0 Å². The summed E-state index contributed by atoms with van der Waals surface area (Å²) in [5.41, 5.74) is 0. The van der Waals surface area contributed by atoms with Gasteiger partial charge in [-0.1, -0.05) is 13.8 Å². The fourth-order valence-corrected chi connectivity index (χ4v) is 0.709. The summed E-state index contributed by atoms with van der Waals surface area (Å²) >= 11 is 0. The molecule has 0 saturated heterocycles. The van der Waals surface area contributed by atoms with Gasteiger partial charge in [-0.05, 0) is 0 Å². The molecule has 0 radical (unpaired) electrons. The molecule has 50 valence electrons. The van der Waals surface area contributed by atoms with Gasteiger partial charge < -0.3 is 4.85 Å². The predicted molar refractivity (Wildman–Crippen MR) is 35.9 cm³/mol. The third-order valence-corrected chi connectivity index (χ3v) is 1.19. The first-order valence-corrected chi connectivity index (χ1v) is 2.96. The molecule has 0 rings (SSSR count). The van der Waals surface area contributed by atoms with E-state index in [1.165, 1.54) is 6.92 Å². The zero-order valence-corrected chi connectivity index (χ0v) is 6.01. The molecule has 1 unspecified atom stereocenters. The summed E-state index contributed by atoms with van der Waals surface area (Å²) < 4.78 is 0. The van der Waals surface area contributed by atoms with E-state index in [0.717, 1.165) is 0 Å². The smallest absolute Gasteiger partial charge is 0.282 e. The molecule has 0 aliphatic carbocycles. The zero-order valence-electron chi connectivity index (χ0n) is 6.01. The second kappa shape index (κ2) is 3.24. The molecule has 0 N–H and O–H groups in total. The van der Waals surface area contributed by atoms with Crippen molar-refractivity contribution in [2.45, 2.75) is 26.8 Å². The first-order chi connectivity index (χ1) is 4.09. The number of hydrogen-bond donors (Lipinski definition) is 0. The largest absolute Gasteiger partial charge is 0.305 e. The van der Waals surface area contributed by atoms with E-state index in [9.17, 15) is 4.79 Å². The molecule has 0 aromatic carbocycles. The average molecular weight is 125 g/mol. The van der Waals surface area contributed by atoms with E-state index in [1.807, 2.05) is 13.8 Å². The van der Waals surface area contributed by atoms with Crippen LogP contribution in [0.2, 0.25) is 0 Å². The summed E-state index contributed by atoms with van der Waals surface area (Å²) in [6, 6.07) is -0.426. The maximum absolute atomic E-state index is 10.6. The Kier molecular flexibility index (Phi) is 2.94. The lowest BCUT2D eigenvalue weighted by Crippen LogP contribution is -2.19. The van der Waals surface area contributed by atoms with Crippen LogP contribution in [0.5, 0.6) is 0 Å². The predicted octanol–water partition coefficient (Wildman–Crippen LogP) is 1.52. The number of nitrogens with zero attached hydrogens (tertiary/aromatic N) is 1. The fraction of sp³-hybridized carbons (Fsp3) is 0.714. The lowest BCUT2D eigenvalue weighted by molar-refractivity contribution is -0.118. The van der Waals surface area contributed by atoms with Crippen molar-refractivity contribution < 1.29 is 4.79 Å². The van der Waals surface area contributed by atoms with Crippen molar-refractivity contribution in [3.8, 4) is 0 Å². The second-order valence-corrected chi connectivity index (χ2v) is 2.43. The highest BCUT2D eigenvalue weighted by Crippen LogP contribution is 2.06. The van der Waals surface area contributed by atoms with E-state index < -0.39 is 6.04 Å². The molecule has 0 saturated carbocycles. The average Bonchev–Trinajstić information content (AvgIpc) is 1.64. The lowest BCUT2D eigenvalue weighted by atomic mass is 10.0. The zero-order chi connectivity index (χ0) is 7.44. The third-order valence-electron chi connectivity index (χ3n) is 1.19. The van der Waals surface area contributed by atoms with Gasteiger partial charge in [-0.15, -0.1) is 0 Å². The Balaban J connectivity index is 4.04. The van der Waals surface area contributed by atoms with Gasteiger partial charge >= 0.3 is 0 Å². The Morgan fingerprint density at radius 1 is 1.56 bits per heavy atom. The molecule has 0 fully saturated rings. The first kappa shape index (κ1) is 8.16. The lowest BCUT2D eigenvalue weighted by Gasteiger charge is -2.02. The van der Waals surface area contributed by atoms with Crippen LogP contribution in [-0.4, -0.2) is 11.8 Å². The number of hydrogen-bond acceptors (Lipinski definition) is 1. The van der Waals surface area contributed by atoms with Gasteiger partial charge in [0.1, 0.15) is 0 Å². The van der Waals surface area contributed by atoms with Gasteiger partial charge in [-0.25, -0.2) is 6.57 Å². The third kappa shape index (κ3) is 2.27. The molecule has 0 heterocycles. The molecule has 0 amide bonds. The molecule has 9 heavy (non-hydrogen) atoms. The maximum atomic E-state index is 10.6.